The van der Waals surface area contributed by atoms with Crippen molar-refractivity contribution in [3.63, 3.8) is 0 Å². The number of rotatable bonds is 6. The van der Waals surface area contributed by atoms with Gasteiger partial charge in [-0.05, 0) is 74.8 Å². The van der Waals surface area contributed by atoms with Crippen LogP contribution in [0.1, 0.15) is 41.5 Å². The summed E-state index contributed by atoms with van der Waals surface area (Å²) in [7, 11) is 7.01. The van der Waals surface area contributed by atoms with Gasteiger partial charge in [0.05, 0.1) is 23.9 Å². The molecule has 0 spiro atoms. The maximum Gasteiger partial charge on any atom is 0.0963 e. The van der Waals surface area contributed by atoms with Crippen LogP contribution in [0.5, 0.6) is 0 Å². The summed E-state index contributed by atoms with van der Waals surface area (Å²) in [6.45, 7) is 13.3. The van der Waals surface area contributed by atoms with Gasteiger partial charge in [0.1, 0.15) is 0 Å². The van der Waals surface area contributed by atoms with E-state index >= 15 is 0 Å². The number of likely N-dealkylation sites (N-methyl/N-ethyl adjacent to an activating group) is 3. The van der Waals surface area contributed by atoms with E-state index in [2.05, 4.69) is 143 Å². The minimum Gasteiger partial charge on any atom is -0.368 e. The van der Waals surface area contributed by atoms with Gasteiger partial charge in [0.15, 0.2) is 0 Å². The normalized spacial score (nSPS) is 34.7. The van der Waals surface area contributed by atoms with Gasteiger partial charge in [0.2, 0.25) is 0 Å². The van der Waals surface area contributed by atoms with Crippen molar-refractivity contribution in [2.45, 2.75) is 54.0 Å². The number of nitrogens with zero attached hydrogens (tertiary/aromatic N) is 5. The summed E-state index contributed by atoms with van der Waals surface area (Å²) in [4.78, 5) is 13.1. The lowest BCUT2D eigenvalue weighted by Crippen LogP contribution is -2.61. The molecule has 3 aromatic rings. The van der Waals surface area contributed by atoms with Gasteiger partial charge in [-0.3, -0.25) is 14.7 Å². The number of para-hydroxylation sites is 3. The zero-order chi connectivity index (χ0) is 30.7. The van der Waals surface area contributed by atoms with Crippen molar-refractivity contribution in [2.24, 2.45) is 0 Å². The van der Waals surface area contributed by atoms with Crippen molar-refractivity contribution >= 4 is 17.1 Å². The second-order valence-electron chi connectivity index (χ2n) is 14.5. The van der Waals surface area contributed by atoms with E-state index in [4.69, 9.17) is 0 Å². The Morgan fingerprint density at radius 2 is 1.20 bits per heavy atom. The summed E-state index contributed by atoms with van der Waals surface area (Å²) in [6, 6.07) is 25.9. The molecule has 6 aliphatic heterocycles. The first-order valence-electron chi connectivity index (χ1n) is 16.9. The number of anilines is 3. The molecule has 9 rings (SSSR count). The van der Waals surface area contributed by atoms with Crippen molar-refractivity contribution in [1.29, 1.82) is 0 Å². The topological polar surface area (TPSA) is 28.2 Å². The van der Waals surface area contributed by atoms with Crippen LogP contribution in [0.15, 0.2) is 92.0 Å². The van der Waals surface area contributed by atoms with E-state index in [1.807, 2.05) is 0 Å². The Kier molecular flexibility index (Phi) is 5.83. The summed E-state index contributed by atoms with van der Waals surface area (Å²) in [5.74, 6) is 0. The summed E-state index contributed by atoms with van der Waals surface area (Å²) in [6.07, 6.45) is 8.35. The van der Waals surface area contributed by atoms with Crippen molar-refractivity contribution in [2.75, 3.05) is 69.0 Å². The van der Waals surface area contributed by atoms with Crippen molar-refractivity contribution in [3.05, 3.63) is 114 Å². The minimum absolute atomic E-state index is 0.0420. The molecule has 6 heterocycles. The van der Waals surface area contributed by atoms with Crippen molar-refractivity contribution < 1.29 is 0 Å². The fraction of sp³-hybridized carbons (Fsp3) is 0.436. The number of nitrogens with one attached hydrogen (secondary N) is 1. The highest BCUT2D eigenvalue weighted by Crippen LogP contribution is 2.69. The van der Waals surface area contributed by atoms with E-state index < -0.39 is 0 Å². The number of hydrogen-bond acceptors (Lipinski definition) is 6. The van der Waals surface area contributed by atoms with E-state index in [-0.39, 0.29) is 34.7 Å². The molecule has 0 bridgehead atoms. The lowest BCUT2D eigenvalue weighted by atomic mass is 9.54. The summed E-state index contributed by atoms with van der Waals surface area (Å²) < 4.78 is 0. The van der Waals surface area contributed by atoms with E-state index in [9.17, 15) is 0 Å². The van der Waals surface area contributed by atoms with Crippen LogP contribution in [-0.2, 0) is 16.2 Å². The first-order valence-corrected chi connectivity index (χ1v) is 16.9. The van der Waals surface area contributed by atoms with Crippen LogP contribution >= 0.6 is 0 Å². The lowest BCUT2D eigenvalue weighted by Gasteiger charge is -2.49. The molecule has 3 aromatic carbocycles. The van der Waals surface area contributed by atoms with Gasteiger partial charge in [0, 0.05) is 60.6 Å². The van der Waals surface area contributed by atoms with Gasteiger partial charge >= 0.3 is 0 Å². The molecule has 0 aromatic heterocycles. The van der Waals surface area contributed by atoms with Crippen LogP contribution in [0.3, 0.4) is 0 Å². The SMILES string of the molecule is C=CCN1c2ccccc2C2(c3cccc4c3NC3N(C)CCC43C34CCN(C)C3N(CC=C)c3ccccc34)CCN(C)C12. The van der Waals surface area contributed by atoms with Crippen LogP contribution in [-0.4, -0.2) is 87.1 Å². The predicted molar refractivity (Wildman–Crippen MR) is 185 cm³/mol. The Labute approximate surface area is 268 Å². The third-order valence-corrected chi connectivity index (χ3v) is 12.9. The third-order valence-electron chi connectivity index (χ3n) is 12.9. The van der Waals surface area contributed by atoms with Gasteiger partial charge in [-0.2, -0.15) is 0 Å². The molecule has 45 heavy (non-hydrogen) atoms. The Bertz CT molecular complexity index is 1720. The minimum atomic E-state index is -0.114. The molecular weight excluding hydrogens is 552 g/mol. The highest BCUT2D eigenvalue weighted by atomic mass is 15.4. The largest absolute Gasteiger partial charge is 0.368 e. The van der Waals surface area contributed by atoms with Crippen molar-refractivity contribution in [1.82, 2.24) is 14.7 Å². The molecular formula is C39H46N6. The van der Waals surface area contributed by atoms with E-state index in [0.717, 1.165) is 52.0 Å². The van der Waals surface area contributed by atoms with Gasteiger partial charge in [0.25, 0.3) is 0 Å². The smallest absolute Gasteiger partial charge is 0.0963 e. The fourth-order valence-electron chi connectivity index (χ4n) is 11.6. The van der Waals surface area contributed by atoms with Crippen LogP contribution in [0.25, 0.3) is 0 Å². The molecule has 6 unspecified atom stereocenters. The van der Waals surface area contributed by atoms with E-state index in [0.29, 0.717) is 0 Å². The standard InChI is InChI=1S/C39H46N6/c1-6-22-44-31-17-10-8-13-27(31)37(19-24-42(4)35(37)44)29-15-12-16-30-33(29)40-34-38(30,20-25-41(34)3)39-21-26-43(5)36(39)45(23-7-2)32-18-11-9-14-28(32)39/h6-18,34-36,40H,1-2,19-26H2,3-5H3. The molecule has 6 nitrogen and oxygen atoms in total. The fourth-order valence-corrected chi connectivity index (χ4v) is 11.6. The average molecular weight is 599 g/mol. The lowest BCUT2D eigenvalue weighted by molar-refractivity contribution is 0.135. The molecule has 3 saturated heterocycles. The summed E-state index contributed by atoms with van der Waals surface area (Å²) in [5.41, 5.74) is 9.93. The van der Waals surface area contributed by atoms with Gasteiger partial charge in [-0.25, -0.2) is 0 Å². The Hall–Kier alpha value is -3.58. The van der Waals surface area contributed by atoms with Gasteiger partial charge in [-0.15, -0.1) is 13.2 Å². The van der Waals surface area contributed by atoms with E-state index in [1.54, 1.807) is 0 Å². The average Bonchev–Trinajstić information content (AvgIpc) is 3.87. The quantitative estimate of drug-likeness (QED) is 0.373. The summed E-state index contributed by atoms with van der Waals surface area (Å²) >= 11 is 0. The number of benzene rings is 3. The highest BCUT2D eigenvalue weighted by Gasteiger charge is 2.73. The zero-order valence-electron chi connectivity index (χ0n) is 27.0. The molecule has 6 atom stereocenters. The molecule has 0 amide bonds. The third kappa shape index (κ3) is 3.07. The molecule has 0 aliphatic carbocycles. The van der Waals surface area contributed by atoms with Crippen LogP contribution in [0.4, 0.5) is 17.1 Å². The zero-order valence-corrected chi connectivity index (χ0v) is 27.0. The maximum atomic E-state index is 4.32. The van der Waals surface area contributed by atoms with Crippen LogP contribution in [0.2, 0.25) is 0 Å². The Morgan fingerprint density at radius 3 is 1.96 bits per heavy atom. The highest BCUT2D eigenvalue weighted by molar-refractivity contribution is 5.79. The van der Waals surface area contributed by atoms with Gasteiger partial charge < -0.3 is 15.1 Å². The maximum absolute atomic E-state index is 4.32. The second-order valence-corrected chi connectivity index (χ2v) is 14.5. The number of fused-ring (bicyclic) bond motifs is 10. The molecule has 0 radical (unpaired) electrons. The molecule has 3 fully saturated rings. The van der Waals surface area contributed by atoms with E-state index in [1.165, 1.54) is 39.3 Å². The second kappa shape index (κ2) is 9.47. The molecule has 6 aliphatic rings. The van der Waals surface area contributed by atoms with Crippen LogP contribution < -0.4 is 15.1 Å². The van der Waals surface area contributed by atoms with Crippen LogP contribution in [0, 0.1) is 0 Å². The predicted octanol–water partition coefficient (Wildman–Crippen LogP) is 5.57. The molecule has 232 valence electrons. The van der Waals surface area contributed by atoms with Crippen molar-refractivity contribution in [3.8, 4) is 0 Å². The van der Waals surface area contributed by atoms with Gasteiger partial charge in [-0.1, -0.05) is 66.7 Å². The Morgan fingerprint density at radius 1 is 0.644 bits per heavy atom. The molecule has 0 saturated carbocycles. The Balaban J connectivity index is 1.31. The summed E-state index contributed by atoms with van der Waals surface area (Å²) in [5, 5.41) is 4.32. The molecule has 1 N–H and O–H groups in total. The molecule has 6 heteroatoms. The number of likely N-dealkylation sites (tertiary alicyclic amines) is 3. The first-order chi connectivity index (χ1) is 22.0. The first kappa shape index (κ1) is 27.7. The monoisotopic (exact) mass is 598 g/mol. The number of hydrogen-bond donors (Lipinski definition) is 1.